The summed E-state index contributed by atoms with van der Waals surface area (Å²) in [7, 11) is 1.59. The summed E-state index contributed by atoms with van der Waals surface area (Å²) in [5.41, 5.74) is 3.43. The summed E-state index contributed by atoms with van der Waals surface area (Å²) >= 11 is 0. The summed E-state index contributed by atoms with van der Waals surface area (Å²) in [4.78, 5) is 35.2. The van der Waals surface area contributed by atoms with Crippen LogP contribution in [0.1, 0.15) is 62.4 Å². The number of piperidine rings is 1. The zero-order valence-corrected chi connectivity index (χ0v) is 24.1. The van der Waals surface area contributed by atoms with Gasteiger partial charge in [-0.25, -0.2) is 14.8 Å². The van der Waals surface area contributed by atoms with E-state index >= 15 is 0 Å². The van der Waals surface area contributed by atoms with Gasteiger partial charge in [0.05, 0.1) is 18.4 Å². The van der Waals surface area contributed by atoms with Gasteiger partial charge in [0.1, 0.15) is 29.5 Å². The molecule has 0 spiro atoms. The van der Waals surface area contributed by atoms with Crippen molar-refractivity contribution in [2.45, 2.75) is 64.0 Å². The van der Waals surface area contributed by atoms with Gasteiger partial charge < -0.3 is 25.0 Å². The summed E-state index contributed by atoms with van der Waals surface area (Å²) in [5.74, 6) is 1.83. The standard InChI is InChI=1S/C32H36N6O4/c1-21(39)38-13-10-27(11-14-38)42-30-8-7-23(18-24(30)20-33)29-9-12-34-31(37-29)17-22-15-26(19-28(16-22)41-2)36-32(40)35-25-5-3-4-6-25/h7-9,12,15-16,18-19,25,27H,3-6,10-11,13-14,17H2,1-2H3,(H2,35,36,40). The average Bonchev–Trinajstić information content (AvgIpc) is 3.50. The van der Waals surface area contributed by atoms with Crippen molar-refractivity contribution >= 4 is 17.6 Å². The molecule has 3 aromatic rings. The maximum absolute atomic E-state index is 12.5. The molecule has 0 bridgehead atoms. The van der Waals surface area contributed by atoms with E-state index in [9.17, 15) is 14.9 Å². The van der Waals surface area contributed by atoms with Crippen LogP contribution in [0.2, 0.25) is 0 Å². The Kier molecular flexibility index (Phi) is 9.17. The van der Waals surface area contributed by atoms with E-state index in [1.54, 1.807) is 32.4 Å². The van der Waals surface area contributed by atoms with Crippen LogP contribution in [0.15, 0.2) is 48.7 Å². The number of aromatic nitrogens is 2. The van der Waals surface area contributed by atoms with E-state index < -0.39 is 0 Å². The highest BCUT2D eigenvalue weighted by atomic mass is 16.5. The maximum Gasteiger partial charge on any atom is 0.319 e. The van der Waals surface area contributed by atoms with Gasteiger partial charge in [-0.15, -0.1) is 0 Å². The number of amides is 3. The van der Waals surface area contributed by atoms with Crippen LogP contribution in [-0.2, 0) is 11.2 Å². The summed E-state index contributed by atoms with van der Waals surface area (Å²) < 4.78 is 11.6. The number of hydrogen-bond acceptors (Lipinski definition) is 7. The van der Waals surface area contributed by atoms with Crippen molar-refractivity contribution in [2.24, 2.45) is 0 Å². The number of urea groups is 1. The first-order valence-corrected chi connectivity index (χ1v) is 14.4. The van der Waals surface area contributed by atoms with E-state index in [0.717, 1.165) is 49.7 Å². The van der Waals surface area contributed by atoms with Crippen LogP contribution in [0.25, 0.3) is 11.3 Å². The van der Waals surface area contributed by atoms with Gasteiger partial charge in [-0.3, -0.25) is 4.79 Å². The van der Waals surface area contributed by atoms with Gasteiger partial charge in [0.2, 0.25) is 5.91 Å². The molecule has 1 aromatic heterocycles. The third-order valence-corrected chi connectivity index (χ3v) is 7.79. The Labute approximate surface area is 246 Å². The molecule has 5 rings (SSSR count). The molecule has 2 heterocycles. The molecule has 2 aromatic carbocycles. The monoisotopic (exact) mass is 568 g/mol. The van der Waals surface area contributed by atoms with E-state index in [1.165, 1.54) is 0 Å². The lowest BCUT2D eigenvalue weighted by atomic mass is 10.1. The topological polar surface area (TPSA) is 129 Å². The highest BCUT2D eigenvalue weighted by Crippen LogP contribution is 2.29. The predicted molar refractivity (Wildman–Crippen MR) is 158 cm³/mol. The Morgan fingerprint density at radius 3 is 2.57 bits per heavy atom. The van der Waals surface area contributed by atoms with E-state index in [4.69, 9.17) is 14.5 Å². The van der Waals surface area contributed by atoms with Crippen molar-refractivity contribution in [1.82, 2.24) is 20.2 Å². The number of ether oxygens (including phenoxy) is 2. The highest BCUT2D eigenvalue weighted by Gasteiger charge is 2.23. The summed E-state index contributed by atoms with van der Waals surface area (Å²) in [6.45, 7) is 2.89. The number of hydrogen-bond donors (Lipinski definition) is 2. The number of benzene rings is 2. The molecule has 2 N–H and O–H groups in total. The lowest BCUT2D eigenvalue weighted by Gasteiger charge is -2.31. The molecular formula is C32H36N6O4. The first kappa shape index (κ1) is 28.9. The summed E-state index contributed by atoms with van der Waals surface area (Å²) in [6, 6.07) is 15.1. The Morgan fingerprint density at radius 2 is 1.86 bits per heavy atom. The largest absolute Gasteiger partial charge is 0.497 e. The molecule has 3 amide bonds. The molecule has 1 aliphatic heterocycles. The van der Waals surface area contributed by atoms with Crippen LogP contribution < -0.4 is 20.1 Å². The number of rotatable bonds is 8. The van der Waals surface area contributed by atoms with Crippen molar-refractivity contribution in [3.8, 4) is 28.8 Å². The van der Waals surface area contributed by atoms with Crippen molar-refractivity contribution in [2.75, 3.05) is 25.5 Å². The Balaban J connectivity index is 1.27. The van der Waals surface area contributed by atoms with Crippen molar-refractivity contribution < 1.29 is 19.1 Å². The third kappa shape index (κ3) is 7.35. The molecular weight excluding hydrogens is 532 g/mol. The van der Waals surface area contributed by atoms with E-state index in [0.29, 0.717) is 53.8 Å². The first-order chi connectivity index (χ1) is 20.4. The minimum absolute atomic E-state index is 0.0415. The minimum Gasteiger partial charge on any atom is -0.497 e. The molecule has 1 aliphatic carbocycles. The Bertz CT molecular complexity index is 1470. The molecule has 42 heavy (non-hydrogen) atoms. The van der Waals surface area contributed by atoms with E-state index in [1.807, 2.05) is 35.2 Å². The molecule has 0 unspecified atom stereocenters. The predicted octanol–water partition coefficient (Wildman–Crippen LogP) is 5.07. The number of nitrogens with zero attached hydrogens (tertiary/aromatic N) is 4. The molecule has 218 valence electrons. The van der Waals surface area contributed by atoms with Crippen molar-refractivity contribution in [3.05, 3.63) is 65.6 Å². The van der Waals surface area contributed by atoms with Gasteiger partial charge in [0, 0.05) is 68.8 Å². The van der Waals surface area contributed by atoms with Gasteiger partial charge in [-0.1, -0.05) is 12.8 Å². The molecule has 0 radical (unpaired) electrons. The number of anilines is 1. The number of carbonyl (C=O) groups is 2. The molecule has 0 atom stereocenters. The van der Waals surface area contributed by atoms with Crippen LogP contribution >= 0.6 is 0 Å². The summed E-state index contributed by atoms with van der Waals surface area (Å²) in [6.07, 6.45) is 7.86. The molecule has 1 saturated heterocycles. The van der Waals surface area contributed by atoms with Crippen LogP contribution in [-0.4, -0.2) is 59.2 Å². The fourth-order valence-electron chi connectivity index (χ4n) is 5.55. The zero-order chi connectivity index (χ0) is 29.5. The van der Waals surface area contributed by atoms with Crippen molar-refractivity contribution in [3.63, 3.8) is 0 Å². The smallest absolute Gasteiger partial charge is 0.319 e. The fraction of sp³-hybridized carbons (Fsp3) is 0.406. The summed E-state index contributed by atoms with van der Waals surface area (Å²) in [5, 5.41) is 15.8. The number of carbonyl (C=O) groups excluding carboxylic acids is 2. The van der Waals surface area contributed by atoms with Gasteiger partial charge in [0.25, 0.3) is 0 Å². The molecule has 1 saturated carbocycles. The number of nitriles is 1. The highest BCUT2D eigenvalue weighted by molar-refractivity contribution is 5.89. The molecule has 10 heteroatoms. The second kappa shape index (κ2) is 13.3. The lowest BCUT2D eigenvalue weighted by Crippen LogP contribution is -2.40. The van der Waals surface area contributed by atoms with Crippen LogP contribution in [0, 0.1) is 11.3 Å². The van der Waals surface area contributed by atoms with Crippen molar-refractivity contribution in [1.29, 1.82) is 5.26 Å². The van der Waals surface area contributed by atoms with Crippen LogP contribution in [0.5, 0.6) is 11.5 Å². The second-order valence-corrected chi connectivity index (χ2v) is 10.8. The van der Waals surface area contributed by atoms with Crippen LogP contribution in [0.3, 0.4) is 0 Å². The maximum atomic E-state index is 12.5. The number of nitrogens with one attached hydrogen (secondary N) is 2. The lowest BCUT2D eigenvalue weighted by molar-refractivity contribution is -0.130. The normalized spacial score (nSPS) is 15.6. The number of likely N-dealkylation sites (tertiary alicyclic amines) is 1. The first-order valence-electron chi connectivity index (χ1n) is 14.4. The Morgan fingerprint density at radius 1 is 1.07 bits per heavy atom. The second-order valence-electron chi connectivity index (χ2n) is 10.8. The van der Waals surface area contributed by atoms with Gasteiger partial charge >= 0.3 is 6.03 Å². The third-order valence-electron chi connectivity index (χ3n) is 7.79. The number of methoxy groups -OCH3 is 1. The fourth-order valence-corrected chi connectivity index (χ4v) is 5.55. The molecule has 2 fully saturated rings. The van der Waals surface area contributed by atoms with E-state index in [2.05, 4.69) is 21.7 Å². The van der Waals surface area contributed by atoms with Gasteiger partial charge in [0.15, 0.2) is 0 Å². The molecule has 10 nitrogen and oxygen atoms in total. The van der Waals surface area contributed by atoms with Gasteiger partial charge in [-0.05, 0) is 54.8 Å². The van der Waals surface area contributed by atoms with Crippen LogP contribution in [0.4, 0.5) is 10.5 Å². The quantitative estimate of drug-likeness (QED) is 0.388. The van der Waals surface area contributed by atoms with Gasteiger partial charge in [-0.2, -0.15) is 5.26 Å². The average molecular weight is 569 g/mol. The minimum atomic E-state index is -0.221. The zero-order valence-electron chi connectivity index (χ0n) is 24.1. The SMILES string of the molecule is COc1cc(Cc2nccc(-c3ccc(OC4CCN(C(C)=O)CC4)c(C#N)c3)n2)cc(NC(=O)NC2CCCC2)c1. The Hall–Kier alpha value is -4.65. The van der Waals surface area contributed by atoms with E-state index in [-0.39, 0.29) is 24.1 Å². The molecule has 2 aliphatic rings.